The molecule has 0 aliphatic heterocycles. The maximum Gasteiger partial charge on any atom is 0.201 e. The molecule has 0 aliphatic carbocycles. The Balaban J connectivity index is 1.80. The number of carbonyl (C=O) groups excluding carboxylic acids is 2. The van der Waals surface area contributed by atoms with Gasteiger partial charge in [0.2, 0.25) is 11.5 Å². The third-order valence-electron chi connectivity index (χ3n) is 5.60. The molecule has 0 aliphatic rings. The number of benzene rings is 4. The first kappa shape index (κ1) is 23.2. The first-order valence-electron chi connectivity index (χ1n) is 10.4. The Morgan fingerprint density at radius 2 is 0.829 bits per heavy atom. The van der Waals surface area contributed by atoms with Gasteiger partial charge in [0.05, 0.1) is 11.1 Å². The van der Waals surface area contributed by atoms with E-state index in [-0.39, 0.29) is 39.8 Å². The monoisotopic (exact) mass is 472 g/mol. The highest BCUT2D eigenvalue weighted by Crippen LogP contribution is 2.45. The number of hydrogen-bond donors (Lipinski definition) is 6. The van der Waals surface area contributed by atoms with Crippen LogP contribution in [0.5, 0.6) is 34.5 Å². The van der Waals surface area contributed by atoms with E-state index in [4.69, 9.17) is 0 Å². The molecule has 8 heteroatoms. The molecule has 0 saturated carbocycles. The molecule has 0 spiro atoms. The quantitative estimate of drug-likeness (QED) is 0.182. The van der Waals surface area contributed by atoms with Crippen LogP contribution in [0.3, 0.4) is 0 Å². The summed E-state index contributed by atoms with van der Waals surface area (Å²) in [5.74, 6) is -6.29. The largest absolute Gasteiger partial charge is 0.504 e. The molecule has 176 valence electrons. The van der Waals surface area contributed by atoms with Gasteiger partial charge in [0.25, 0.3) is 0 Å². The highest BCUT2D eigenvalue weighted by molar-refractivity contribution is 6.12. The molecule has 8 nitrogen and oxygen atoms in total. The lowest BCUT2D eigenvalue weighted by Crippen LogP contribution is -2.05. The van der Waals surface area contributed by atoms with Gasteiger partial charge in [-0.05, 0) is 12.1 Å². The van der Waals surface area contributed by atoms with Crippen LogP contribution in [-0.4, -0.2) is 42.2 Å². The van der Waals surface area contributed by atoms with E-state index in [9.17, 15) is 40.2 Å². The van der Waals surface area contributed by atoms with Crippen molar-refractivity contribution in [2.75, 3.05) is 0 Å². The number of aromatic hydroxyl groups is 6. The standard InChI is InChI=1S/C27H20O8/c28-20(14-7-3-1-4-8-14)18-12-16(22(30)26(34)24(18)32)11-17-13-19(25(33)27(35)23(17)31)21(29)15-9-5-2-6-10-15/h1-10,12-13,30-35H,11H2. The summed E-state index contributed by atoms with van der Waals surface area (Å²) in [7, 11) is 0. The Labute approximate surface area is 199 Å². The zero-order valence-corrected chi connectivity index (χ0v) is 18.1. The van der Waals surface area contributed by atoms with Gasteiger partial charge in [0, 0.05) is 28.7 Å². The number of hydrogen-bond acceptors (Lipinski definition) is 8. The SMILES string of the molecule is O=C(c1ccccc1)c1cc(Cc2cc(C(=O)c3ccccc3)c(O)c(O)c2O)c(O)c(O)c1O. The smallest absolute Gasteiger partial charge is 0.201 e. The summed E-state index contributed by atoms with van der Waals surface area (Å²) in [6, 6.07) is 18.2. The van der Waals surface area contributed by atoms with Crippen LogP contribution in [0, 0.1) is 0 Å². The summed E-state index contributed by atoms with van der Waals surface area (Å²) in [4.78, 5) is 25.8. The molecule has 0 heterocycles. The summed E-state index contributed by atoms with van der Waals surface area (Å²) in [6.07, 6.45) is -0.372. The van der Waals surface area contributed by atoms with Crippen LogP contribution in [0.2, 0.25) is 0 Å². The number of carbonyl (C=O) groups is 2. The van der Waals surface area contributed by atoms with Crippen molar-refractivity contribution in [1.29, 1.82) is 0 Å². The Morgan fingerprint density at radius 1 is 0.486 bits per heavy atom. The van der Waals surface area contributed by atoms with Crippen molar-refractivity contribution in [2.24, 2.45) is 0 Å². The minimum atomic E-state index is -0.940. The first-order valence-corrected chi connectivity index (χ1v) is 10.4. The predicted molar refractivity (Wildman–Crippen MR) is 125 cm³/mol. The van der Waals surface area contributed by atoms with E-state index < -0.39 is 46.1 Å². The molecule has 0 saturated heterocycles. The highest BCUT2D eigenvalue weighted by Gasteiger charge is 2.26. The average Bonchev–Trinajstić information content (AvgIpc) is 2.89. The molecule has 4 rings (SSSR count). The lowest BCUT2D eigenvalue weighted by molar-refractivity contribution is 0.102. The van der Waals surface area contributed by atoms with Crippen molar-refractivity contribution in [3.63, 3.8) is 0 Å². The van der Waals surface area contributed by atoms with Crippen molar-refractivity contribution in [3.8, 4) is 34.5 Å². The summed E-state index contributed by atoms with van der Waals surface area (Å²) in [5, 5.41) is 61.9. The molecular weight excluding hydrogens is 452 g/mol. The first-order chi connectivity index (χ1) is 16.7. The highest BCUT2D eigenvalue weighted by atomic mass is 16.3. The molecule has 0 unspecified atom stereocenters. The zero-order chi connectivity index (χ0) is 25.3. The molecule has 0 amide bonds. The van der Waals surface area contributed by atoms with Crippen LogP contribution >= 0.6 is 0 Å². The number of phenols is 6. The van der Waals surface area contributed by atoms with Crippen molar-refractivity contribution >= 4 is 11.6 Å². The molecule has 6 N–H and O–H groups in total. The Morgan fingerprint density at radius 3 is 1.17 bits per heavy atom. The van der Waals surface area contributed by atoms with Gasteiger partial charge in [-0.25, -0.2) is 0 Å². The second-order valence-corrected chi connectivity index (χ2v) is 7.83. The predicted octanol–water partition coefficient (Wildman–Crippen LogP) is 3.97. The van der Waals surface area contributed by atoms with Gasteiger partial charge in [-0.1, -0.05) is 60.7 Å². The Hall–Kier alpha value is -4.98. The van der Waals surface area contributed by atoms with Crippen LogP contribution in [0.15, 0.2) is 72.8 Å². The van der Waals surface area contributed by atoms with Gasteiger partial charge in [-0.2, -0.15) is 0 Å². The molecule has 0 bridgehead atoms. The minimum Gasteiger partial charge on any atom is -0.504 e. The van der Waals surface area contributed by atoms with E-state index >= 15 is 0 Å². The van der Waals surface area contributed by atoms with Crippen molar-refractivity contribution in [2.45, 2.75) is 6.42 Å². The number of ketones is 2. The van der Waals surface area contributed by atoms with Crippen LogP contribution in [0.25, 0.3) is 0 Å². The molecule has 4 aromatic carbocycles. The second kappa shape index (κ2) is 9.11. The van der Waals surface area contributed by atoms with Crippen LogP contribution in [0.1, 0.15) is 43.0 Å². The molecule has 0 atom stereocenters. The van der Waals surface area contributed by atoms with E-state index in [1.165, 1.54) is 24.3 Å². The molecule has 0 radical (unpaired) electrons. The fourth-order valence-electron chi connectivity index (χ4n) is 3.72. The lowest BCUT2D eigenvalue weighted by atomic mass is 9.93. The maximum atomic E-state index is 12.9. The van der Waals surface area contributed by atoms with Gasteiger partial charge in [0.15, 0.2) is 34.6 Å². The Kier molecular flexibility index (Phi) is 6.03. The molecule has 0 aromatic heterocycles. The van der Waals surface area contributed by atoms with Gasteiger partial charge < -0.3 is 30.6 Å². The molecule has 4 aromatic rings. The van der Waals surface area contributed by atoms with E-state index in [2.05, 4.69) is 0 Å². The summed E-state index contributed by atoms with van der Waals surface area (Å²) in [6.45, 7) is 0. The fraction of sp³-hybridized carbons (Fsp3) is 0.0370. The second-order valence-electron chi connectivity index (χ2n) is 7.83. The van der Waals surface area contributed by atoms with E-state index in [1.54, 1.807) is 36.4 Å². The maximum absolute atomic E-state index is 12.9. The minimum absolute atomic E-state index is 0.0851. The summed E-state index contributed by atoms with van der Waals surface area (Å²) in [5.41, 5.74) is -0.329. The topological polar surface area (TPSA) is 156 Å². The van der Waals surface area contributed by atoms with Crippen LogP contribution < -0.4 is 0 Å². The van der Waals surface area contributed by atoms with Gasteiger partial charge >= 0.3 is 0 Å². The van der Waals surface area contributed by atoms with Crippen molar-refractivity contribution in [1.82, 2.24) is 0 Å². The lowest BCUT2D eigenvalue weighted by Gasteiger charge is -2.15. The van der Waals surface area contributed by atoms with E-state index in [1.807, 2.05) is 0 Å². The number of phenolic OH excluding ortho intramolecular Hbond substituents is 6. The molecule has 0 fully saturated rings. The fourth-order valence-corrected chi connectivity index (χ4v) is 3.72. The Bertz CT molecular complexity index is 1330. The summed E-state index contributed by atoms with van der Waals surface area (Å²) >= 11 is 0. The van der Waals surface area contributed by atoms with Gasteiger partial charge in [-0.3, -0.25) is 9.59 Å². The van der Waals surface area contributed by atoms with Crippen molar-refractivity contribution < 1.29 is 40.2 Å². The summed E-state index contributed by atoms with van der Waals surface area (Å²) < 4.78 is 0. The van der Waals surface area contributed by atoms with Gasteiger partial charge in [-0.15, -0.1) is 0 Å². The number of rotatable bonds is 6. The van der Waals surface area contributed by atoms with Crippen molar-refractivity contribution in [3.05, 3.63) is 106 Å². The van der Waals surface area contributed by atoms with E-state index in [0.29, 0.717) is 0 Å². The van der Waals surface area contributed by atoms with Crippen LogP contribution in [0.4, 0.5) is 0 Å². The molecule has 35 heavy (non-hydrogen) atoms. The third-order valence-corrected chi connectivity index (χ3v) is 5.60. The van der Waals surface area contributed by atoms with E-state index in [0.717, 1.165) is 12.1 Å². The third kappa shape index (κ3) is 4.20. The zero-order valence-electron chi connectivity index (χ0n) is 18.1. The normalized spacial score (nSPS) is 10.7. The van der Waals surface area contributed by atoms with Gasteiger partial charge in [0.1, 0.15) is 0 Å². The van der Waals surface area contributed by atoms with Crippen LogP contribution in [-0.2, 0) is 6.42 Å². The molecular formula is C27H20O8. The average molecular weight is 472 g/mol.